The fourth-order valence-electron chi connectivity index (χ4n) is 4.95. The van der Waals surface area contributed by atoms with Crippen molar-refractivity contribution in [3.63, 3.8) is 0 Å². The Bertz CT molecular complexity index is 1390. The monoisotopic (exact) mass is 521 g/mol. The van der Waals surface area contributed by atoms with Gasteiger partial charge in [-0.15, -0.1) is 0 Å². The molecule has 5 rings (SSSR count). The van der Waals surface area contributed by atoms with Crippen molar-refractivity contribution in [3.8, 4) is 0 Å². The minimum absolute atomic E-state index is 0.0402. The fourth-order valence-corrected chi connectivity index (χ4v) is 4.95. The highest BCUT2D eigenvalue weighted by molar-refractivity contribution is 5.89. The molecule has 1 aliphatic carbocycles. The Balaban J connectivity index is 1.38. The Morgan fingerprint density at radius 1 is 1.16 bits per heavy atom. The van der Waals surface area contributed by atoms with Crippen LogP contribution in [0.3, 0.4) is 0 Å². The molecule has 8 nitrogen and oxygen atoms in total. The largest absolute Gasteiger partial charge is 0.342 e. The third-order valence-corrected chi connectivity index (χ3v) is 7.15. The molecule has 2 aliphatic rings. The summed E-state index contributed by atoms with van der Waals surface area (Å²) < 4.78 is 30.8. The predicted octanol–water partition coefficient (Wildman–Crippen LogP) is 3.06. The maximum absolute atomic E-state index is 14.8. The van der Waals surface area contributed by atoms with Crippen molar-refractivity contribution in [2.24, 2.45) is 0 Å². The summed E-state index contributed by atoms with van der Waals surface area (Å²) in [5, 5.41) is 2.87. The molecule has 1 saturated carbocycles. The lowest BCUT2D eigenvalue weighted by molar-refractivity contribution is -0.138. The minimum Gasteiger partial charge on any atom is -0.342 e. The van der Waals surface area contributed by atoms with Gasteiger partial charge in [0.15, 0.2) is 0 Å². The smallest absolute Gasteiger partial charge is 0.272 e. The summed E-state index contributed by atoms with van der Waals surface area (Å²) >= 11 is 0. The van der Waals surface area contributed by atoms with E-state index in [-0.39, 0.29) is 31.0 Å². The molecule has 3 heterocycles. The van der Waals surface area contributed by atoms with E-state index in [4.69, 9.17) is 0 Å². The van der Waals surface area contributed by atoms with Gasteiger partial charge in [-0.25, -0.2) is 9.37 Å². The molecule has 38 heavy (non-hydrogen) atoms. The summed E-state index contributed by atoms with van der Waals surface area (Å²) in [5.74, 6) is -1.51. The lowest BCUT2D eigenvalue weighted by Crippen LogP contribution is -2.48. The first-order chi connectivity index (χ1) is 18.4. The van der Waals surface area contributed by atoms with Crippen LogP contribution in [0.15, 0.2) is 59.7 Å². The van der Waals surface area contributed by atoms with E-state index in [1.165, 1.54) is 17.0 Å². The zero-order valence-electron chi connectivity index (χ0n) is 21.0. The SMILES string of the molecule is CCn1ccnc(CC(=O)N2CC(F)CC2C(=O)NC(c2ccccc2)c2ccc(C3CC3)c(F)n2)c1=O. The number of carbonyl (C=O) groups excluding carboxylic acids is 2. The first-order valence-corrected chi connectivity index (χ1v) is 12.8. The zero-order valence-corrected chi connectivity index (χ0v) is 21.0. The number of likely N-dealkylation sites (tertiary alicyclic amines) is 1. The van der Waals surface area contributed by atoms with Gasteiger partial charge < -0.3 is 14.8 Å². The molecular weight excluding hydrogens is 492 g/mol. The van der Waals surface area contributed by atoms with Gasteiger partial charge in [-0.05, 0) is 37.3 Å². The number of halogens is 2. The molecule has 1 N–H and O–H groups in total. The standard InChI is InChI=1S/C28H29F2N5O3/c1-2-34-13-12-31-22(28(34)38)15-24(36)35-16-19(29)14-23(35)27(37)33-25(18-6-4-3-5-7-18)21-11-10-20(17-8-9-17)26(30)32-21/h3-7,10-13,17,19,23,25H,2,8-9,14-16H2,1H3,(H,33,37). The molecular formula is C28H29F2N5O3. The van der Waals surface area contributed by atoms with E-state index >= 15 is 0 Å². The molecule has 3 unspecified atom stereocenters. The quantitative estimate of drug-likeness (QED) is 0.460. The number of rotatable bonds is 8. The highest BCUT2D eigenvalue weighted by Crippen LogP contribution is 2.41. The highest BCUT2D eigenvalue weighted by Gasteiger charge is 2.41. The van der Waals surface area contributed by atoms with E-state index in [0.29, 0.717) is 23.4 Å². The topological polar surface area (TPSA) is 97.2 Å². The Labute approximate surface area is 218 Å². The van der Waals surface area contributed by atoms with Crippen LogP contribution in [0.4, 0.5) is 8.78 Å². The number of nitrogens with one attached hydrogen (secondary N) is 1. The first-order valence-electron chi connectivity index (χ1n) is 12.8. The van der Waals surface area contributed by atoms with Gasteiger partial charge in [0, 0.05) is 30.9 Å². The summed E-state index contributed by atoms with van der Waals surface area (Å²) in [6.07, 6.45) is 2.91. The molecule has 1 saturated heterocycles. The average Bonchev–Trinajstić information content (AvgIpc) is 3.68. The average molecular weight is 522 g/mol. The van der Waals surface area contributed by atoms with Gasteiger partial charge in [0.05, 0.1) is 24.7 Å². The Morgan fingerprint density at radius 3 is 2.61 bits per heavy atom. The van der Waals surface area contributed by atoms with E-state index < -0.39 is 41.6 Å². The minimum atomic E-state index is -1.39. The van der Waals surface area contributed by atoms with Gasteiger partial charge in [0.1, 0.15) is 17.9 Å². The van der Waals surface area contributed by atoms with Crippen LogP contribution in [0.2, 0.25) is 0 Å². The lowest BCUT2D eigenvalue weighted by Gasteiger charge is -2.26. The fraction of sp³-hybridized carbons (Fsp3) is 0.393. The van der Waals surface area contributed by atoms with Gasteiger partial charge in [-0.2, -0.15) is 4.39 Å². The van der Waals surface area contributed by atoms with E-state index in [1.54, 1.807) is 43.3 Å². The number of carbonyl (C=O) groups is 2. The molecule has 10 heteroatoms. The second-order valence-electron chi connectivity index (χ2n) is 9.78. The summed E-state index contributed by atoms with van der Waals surface area (Å²) in [6.45, 7) is 1.95. The van der Waals surface area contributed by atoms with Gasteiger partial charge >= 0.3 is 0 Å². The molecule has 2 fully saturated rings. The number of aryl methyl sites for hydroxylation is 1. The Morgan fingerprint density at radius 2 is 1.92 bits per heavy atom. The number of nitrogens with zero attached hydrogens (tertiary/aromatic N) is 4. The molecule has 2 aromatic heterocycles. The van der Waals surface area contributed by atoms with Crippen LogP contribution in [0.1, 0.15) is 60.7 Å². The zero-order chi connectivity index (χ0) is 26.8. The maximum atomic E-state index is 14.8. The van der Waals surface area contributed by atoms with Crippen molar-refractivity contribution in [1.29, 1.82) is 0 Å². The molecule has 0 radical (unpaired) electrons. The molecule has 1 aliphatic heterocycles. The van der Waals surface area contributed by atoms with Gasteiger partial charge in [0.2, 0.25) is 17.8 Å². The van der Waals surface area contributed by atoms with Gasteiger partial charge in [-0.3, -0.25) is 19.4 Å². The second-order valence-corrected chi connectivity index (χ2v) is 9.78. The van der Waals surface area contributed by atoms with Crippen LogP contribution in [-0.2, 0) is 22.6 Å². The van der Waals surface area contributed by atoms with Crippen LogP contribution in [0.5, 0.6) is 0 Å². The first kappa shape index (κ1) is 25.7. The molecule has 1 aromatic carbocycles. The molecule has 0 bridgehead atoms. The summed E-state index contributed by atoms with van der Waals surface area (Å²) in [7, 11) is 0. The second kappa shape index (κ2) is 10.8. The van der Waals surface area contributed by atoms with Crippen molar-refractivity contribution in [1.82, 2.24) is 24.8 Å². The number of alkyl halides is 1. The number of pyridine rings is 1. The van der Waals surface area contributed by atoms with E-state index in [1.807, 2.05) is 6.07 Å². The van der Waals surface area contributed by atoms with Crippen molar-refractivity contribution in [2.45, 2.75) is 63.3 Å². The van der Waals surface area contributed by atoms with Crippen LogP contribution in [0, 0.1) is 5.95 Å². The van der Waals surface area contributed by atoms with Crippen molar-refractivity contribution in [2.75, 3.05) is 6.54 Å². The van der Waals surface area contributed by atoms with E-state index in [9.17, 15) is 23.2 Å². The van der Waals surface area contributed by atoms with Crippen LogP contribution in [-0.4, -0.2) is 50.0 Å². The molecule has 198 valence electrons. The maximum Gasteiger partial charge on any atom is 0.272 e. The van der Waals surface area contributed by atoms with E-state index in [0.717, 1.165) is 17.7 Å². The molecule has 0 spiro atoms. The lowest BCUT2D eigenvalue weighted by atomic mass is 10.0. The van der Waals surface area contributed by atoms with Crippen LogP contribution >= 0.6 is 0 Å². The summed E-state index contributed by atoms with van der Waals surface area (Å²) in [6, 6.07) is 10.5. The highest BCUT2D eigenvalue weighted by atomic mass is 19.1. The number of hydrogen-bond acceptors (Lipinski definition) is 5. The number of aromatic nitrogens is 3. The van der Waals surface area contributed by atoms with Crippen LogP contribution in [0.25, 0.3) is 0 Å². The molecule has 3 aromatic rings. The normalized spacial score (nSPS) is 19.8. The van der Waals surface area contributed by atoms with Crippen molar-refractivity contribution >= 4 is 11.8 Å². The Kier molecular flexibility index (Phi) is 7.31. The molecule has 2 amide bonds. The van der Waals surface area contributed by atoms with Crippen molar-refractivity contribution < 1.29 is 18.4 Å². The molecule has 3 atom stereocenters. The number of amides is 2. The Hall–Kier alpha value is -3.95. The summed E-state index contributed by atoms with van der Waals surface area (Å²) in [5.41, 5.74) is 1.20. The third kappa shape index (κ3) is 5.34. The summed E-state index contributed by atoms with van der Waals surface area (Å²) in [4.78, 5) is 48.5. The number of benzene rings is 1. The van der Waals surface area contributed by atoms with Crippen LogP contribution < -0.4 is 10.9 Å². The van der Waals surface area contributed by atoms with Crippen molar-refractivity contribution in [3.05, 3.63) is 93.7 Å². The third-order valence-electron chi connectivity index (χ3n) is 7.15. The van der Waals surface area contributed by atoms with Gasteiger partial charge in [-0.1, -0.05) is 36.4 Å². The van der Waals surface area contributed by atoms with E-state index in [2.05, 4.69) is 15.3 Å². The van der Waals surface area contributed by atoms with Gasteiger partial charge in [0.25, 0.3) is 5.56 Å². The number of hydrogen-bond donors (Lipinski definition) is 1. The predicted molar refractivity (Wildman–Crippen MR) is 135 cm³/mol.